The molecule has 0 spiro atoms. The highest BCUT2D eigenvalue weighted by atomic mass is 32.2. The predicted octanol–water partition coefficient (Wildman–Crippen LogP) is 1.15. The number of para-hydroxylation sites is 1. The first-order chi connectivity index (χ1) is 8.49. The van der Waals surface area contributed by atoms with Crippen LogP contribution < -0.4 is 10.2 Å². The van der Waals surface area contributed by atoms with E-state index >= 15 is 0 Å². The maximum absolute atomic E-state index is 10.9. The highest BCUT2D eigenvalue weighted by molar-refractivity contribution is 7.90. The van der Waals surface area contributed by atoms with Crippen LogP contribution in [-0.2, 0) is 9.84 Å². The van der Waals surface area contributed by atoms with E-state index in [0.29, 0.717) is 6.54 Å². The largest absolute Gasteiger partial charge is 0.375 e. The fraction of sp³-hybridized carbons (Fsp3) is 0.538. The van der Waals surface area contributed by atoms with E-state index in [9.17, 15) is 8.42 Å². The summed E-state index contributed by atoms with van der Waals surface area (Å²) < 4.78 is 21.8. The van der Waals surface area contributed by atoms with E-state index in [2.05, 4.69) is 29.4 Å². The van der Waals surface area contributed by atoms with Crippen LogP contribution in [-0.4, -0.2) is 47.1 Å². The second kappa shape index (κ2) is 7.38. The van der Waals surface area contributed by atoms with E-state index in [-0.39, 0.29) is 5.75 Å². The van der Waals surface area contributed by atoms with Gasteiger partial charge in [-0.3, -0.25) is 0 Å². The number of hydrogen-bond donors (Lipinski definition) is 1. The van der Waals surface area contributed by atoms with Crippen molar-refractivity contribution in [3.8, 4) is 0 Å². The summed E-state index contributed by atoms with van der Waals surface area (Å²) in [5.74, 6) is 0.210. The third-order valence-corrected chi connectivity index (χ3v) is 3.64. The highest BCUT2D eigenvalue weighted by Crippen LogP contribution is 2.10. The van der Waals surface area contributed by atoms with Crippen molar-refractivity contribution in [2.45, 2.75) is 6.42 Å². The first-order valence-electron chi connectivity index (χ1n) is 6.14. The van der Waals surface area contributed by atoms with Crippen LogP contribution in [0.15, 0.2) is 30.3 Å². The molecule has 1 aromatic carbocycles. The van der Waals surface area contributed by atoms with E-state index in [4.69, 9.17) is 0 Å². The monoisotopic (exact) mass is 270 g/mol. The minimum absolute atomic E-state index is 0.210. The lowest BCUT2D eigenvalue weighted by Gasteiger charge is -2.19. The number of nitrogens with one attached hydrogen (secondary N) is 1. The molecule has 0 saturated carbocycles. The molecular formula is C13H22N2O2S. The van der Waals surface area contributed by atoms with Gasteiger partial charge >= 0.3 is 0 Å². The topological polar surface area (TPSA) is 49.4 Å². The second-order valence-electron chi connectivity index (χ2n) is 4.49. The molecule has 0 fully saturated rings. The van der Waals surface area contributed by atoms with Crippen LogP contribution in [0.2, 0.25) is 0 Å². The van der Waals surface area contributed by atoms with Crippen LogP contribution in [0.5, 0.6) is 0 Å². The Morgan fingerprint density at radius 2 is 1.83 bits per heavy atom. The zero-order chi connectivity index (χ0) is 13.4. The summed E-state index contributed by atoms with van der Waals surface area (Å²) in [6, 6.07) is 10.2. The minimum Gasteiger partial charge on any atom is -0.375 e. The molecule has 18 heavy (non-hydrogen) atoms. The number of anilines is 1. The number of sulfone groups is 1. The Morgan fingerprint density at radius 1 is 1.17 bits per heavy atom. The Labute approximate surface area is 110 Å². The van der Waals surface area contributed by atoms with Crippen molar-refractivity contribution in [1.29, 1.82) is 0 Å². The summed E-state index contributed by atoms with van der Waals surface area (Å²) in [7, 11) is -0.782. The van der Waals surface area contributed by atoms with E-state index < -0.39 is 9.84 Å². The van der Waals surface area contributed by atoms with Gasteiger partial charge in [0.25, 0.3) is 0 Å². The van der Waals surface area contributed by atoms with Gasteiger partial charge in [0.1, 0.15) is 9.84 Å². The highest BCUT2D eigenvalue weighted by Gasteiger charge is 2.01. The number of nitrogens with zero attached hydrogens (tertiary/aromatic N) is 1. The maximum atomic E-state index is 10.9. The van der Waals surface area contributed by atoms with Crippen LogP contribution in [0.3, 0.4) is 0 Å². The summed E-state index contributed by atoms with van der Waals surface area (Å²) >= 11 is 0. The quantitative estimate of drug-likeness (QED) is 0.720. The SMILES string of the molecule is CN(CCCNCCS(C)(=O)=O)c1ccccc1. The Balaban J connectivity index is 2.12. The normalized spacial score (nSPS) is 11.4. The average molecular weight is 270 g/mol. The molecule has 1 aromatic rings. The van der Waals surface area contributed by atoms with Gasteiger partial charge in [-0.15, -0.1) is 0 Å². The Hall–Kier alpha value is -1.07. The van der Waals surface area contributed by atoms with Gasteiger partial charge in [-0.1, -0.05) is 18.2 Å². The van der Waals surface area contributed by atoms with Gasteiger partial charge in [0, 0.05) is 32.1 Å². The molecule has 0 aliphatic rings. The van der Waals surface area contributed by atoms with Crippen LogP contribution in [0.25, 0.3) is 0 Å². The van der Waals surface area contributed by atoms with Gasteiger partial charge in [0.15, 0.2) is 0 Å². The maximum Gasteiger partial charge on any atom is 0.148 e. The lowest BCUT2D eigenvalue weighted by Crippen LogP contribution is -2.27. The standard InChI is InChI=1S/C13H22N2O2S/c1-15(13-7-4-3-5-8-13)11-6-9-14-10-12-18(2,16)17/h3-5,7-8,14H,6,9-12H2,1-2H3. The van der Waals surface area contributed by atoms with Gasteiger partial charge in [-0.25, -0.2) is 8.42 Å². The smallest absolute Gasteiger partial charge is 0.148 e. The third-order valence-electron chi connectivity index (χ3n) is 2.69. The summed E-state index contributed by atoms with van der Waals surface area (Å²) in [4.78, 5) is 2.19. The van der Waals surface area contributed by atoms with E-state index in [1.54, 1.807) is 0 Å². The molecule has 0 unspecified atom stereocenters. The first kappa shape index (κ1) is 15.0. The molecule has 1 N–H and O–H groups in total. The molecule has 0 aliphatic heterocycles. The summed E-state index contributed by atoms with van der Waals surface area (Å²) in [6.07, 6.45) is 2.26. The van der Waals surface area contributed by atoms with Crippen molar-refractivity contribution in [2.75, 3.05) is 43.6 Å². The van der Waals surface area contributed by atoms with Gasteiger partial charge in [-0.05, 0) is 25.1 Å². The molecule has 0 aliphatic carbocycles. The van der Waals surface area contributed by atoms with E-state index in [1.165, 1.54) is 11.9 Å². The zero-order valence-corrected chi connectivity index (χ0v) is 11.9. The first-order valence-corrected chi connectivity index (χ1v) is 8.20. The van der Waals surface area contributed by atoms with Gasteiger partial charge in [0.2, 0.25) is 0 Å². The molecule has 0 aromatic heterocycles. The fourth-order valence-electron chi connectivity index (χ4n) is 1.64. The lowest BCUT2D eigenvalue weighted by atomic mass is 10.3. The minimum atomic E-state index is -2.84. The molecular weight excluding hydrogens is 248 g/mol. The molecule has 0 heterocycles. The zero-order valence-electron chi connectivity index (χ0n) is 11.1. The molecule has 102 valence electrons. The van der Waals surface area contributed by atoms with Crippen LogP contribution in [0.4, 0.5) is 5.69 Å². The van der Waals surface area contributed by atoms with Crippen LogP contribution in [0, 0.1) is 0 Å². The number of hydrogen-bond acceptors (Lipinski definition) is 4. The second-order valence-corrected chi connectivity index (χ2v) is 6.75. The summed E-state index contributed by atoms with van der Waals surface area (Å²) in [5.41, 5.74) is 1.20. The Bertz CT molecular complexity index is 432. The van der Waals surface area contributed by atoms with E-state index in [1.807, 2.05) is 18.2 Å². The molecule has 0 radical (unpaired) electrons. The van der Waals surface area contributed by atoms with Crippen molar-refractivity contribution >= 4 is 15.5 Å². The Morgan fingerprint density at radius 3 is 2.44 bits per heavy atom. The third kappa shape index (κ3) is 6.61. The van der Waals surface area contributed by atoms with Gasteiger partial charge in [-0.2, -0.15) is 0 Å². The lowest BCUT2D eigenvalue weighted by molar-refractivity contribution is 0.594. The van der Waals surface area contributed by atoms with Crippen LogP contribution >= 0.6 is 0 Å². The van der Waals surface area contributed by atoms with Crippen molar-refractivity contribution in [3.63, 3.8) is 0 Å². The molecule has 4 nitrogen and oxygen atoms in total. The number of rotatable bonds is 8. The summed E-state index contributed by atoms with van der Waals surface area (Å²) in [6.45, 7) is 2.33. The average Bonchev–Trinajstić information content (AvgIpc) is 2.33. The molecule has 0 saturated heterocycles. The molecule has 5 heteroatoms. The van der Waals surface area contributed by atoms with E-state index in [0.717, 1.165) is 19.5 Å². The number of benzene rings is 1. The molecule has 0 bridgehead atoms. The van der Waals surface area contributed by atoms with Crippen molar-refractivity contribution in [1.82, 2.24) is 5.32 Å². The fourth-order valence-corrected chi connectivity index (χ4v) is 2.15. The van der Waals surface area contributed by atoms with Gasteiger partial charge in [0.05, 0.1) is 5.75 Å². The van der Waals surface area contributed by atoms with Gasteiger partial charge < -0.3 is 10.2 Å². The predicted molar refractivity (Wildman–Crippen MR) is 76.9 cm³/mol. The summed E-state index contributed by atoms with van der Waals surface area (Å²) in [5, 5.41) is 3.14. The molecule has 1 rings (SSSR count). The van der Waals surface area contributed by atoms with Crippen LogP contribution in [0.1, 0.15) is 6.42 Å². The molecule has 0 amide bonds. The molecule has 0 atom stereocenters. The van der Waals surface area contributed by atoms with Crippen molar-refractivity contribution in [2.24, 2.45) is 0 Å². The van der Waals surface area contributed by atoms with Crippen molar-refractivity contribution in [3.05, 3.63) is 30.3 Å². The van der Waals surface area contributed by atoms with Crippen molar-refractivity contribution < 1.29 is 8.42 Å². The Kier molecular flexibility index (Phi) is 6.15.